The van der Waals surface area contributed by atoms with E-state index in [1.807, 2.05) is 26.0 Å². The second-order valence-corrected chi connectivity index (χ2v) is 5.46. The van der Waals surface area contributed by atoms with Gasteiger partial charge in [0.25, 0.3) is 0 Å². The van der Waals surface area contributed by atoms with Gasteiger partial charge in [-0.05, 0) is 25.0 Å². The van der Waals surface area contributed by atoms with Crippen LogP contribution in [0.5, 0.6) is 0 Å². The van der Waals surface area contributed by atoms with Crippen LogP contribution in [-0.2, 0) is 11.2 Å². The van der Waals surface area contributed by atoms with Crippen LogP contribution in [0.3, 0.4) is 0 Å². The van der Waals surface area contributed by atoms with Crippen LogP contribution in [0.2, 0.25) is 0 Å². The van der Waals surface area contributed by atoms with Crippen molar-refractivity contribution in [2.75, 3.05) is 13.1 Å². The van der Waals surface area contributed by atoms with Gasteiger partial charge in [-0.25, -0.2) is 4.79 Å². The zero-order valence-corrected chi connectivity index (χ0v) is 11.7. The van der Waals surface area contributed by atoms with Gasteiger partial charge < -0.3 is 19.7 Å². The van der Waals surface area contributed by atoms with Crippen LogP contribution in [-0.4, -0.2) is 41.1 Å². The minimum Gasteiger partial charge on any atom is -0.481 e. The summed E-state index contributed by atoms with van der Waals surface area (Å²) < 4.78 is 5.23. The fourth-order valence-electron chi connectivity index (χ4n) is 2.54. The minimum absolute atomic E-state index is 0.0152. The zero-order valence-electron chi connectivity index (χ0n) is 11.7. The first-order valence-electron chi connectivity index (χ1n) is 6.78. The summed E-state index contributed by atoms with van der Waals surface area (Å²) in [6.45, 7) is 4.51. The summed E-state index contributed by atoms with van der Waals surface area (Å²) >= 11 is 0. The molecule has 1 aliphatic rings. The number of carbonyl (C=O) groups excluding carboxylic acids is 1. The third-order valence-corrected chi connectivity index (χ3v) is 3.67. The van der Waals surface area contributed by atoms with Crippen molar-refractivity contribution in [3.05, 3.63) is 24.2 Å². The van der Waals surface area contributed by atoms with Crippen molar-refractivity contribution in [2.45, 2.75) is 26.3 Å². The smallest absolute Gasteiger partial charge is 0.317 e. The van der Waals surface area contributed by atoms with E-state index in [4.69, 9.17) is 9.52 Å². The highest BCUT2D eigenvalue weighted by Crippen LogP contribution is 2.23. The molecule has 110 valence electrons. The van der Waals surface area contributed by atoms with Crippen LogP contribution in [0.15, 0.2) is 22.8 Å². The van der Waals surface area contributed by atoms with E-state index in [2.05, 4.69) is 5.32 Å². The fourth-order valence-corrected chi connectivity index (χ4v) is 2.54. The van der Waals surface area contributed by atoms with Gasteiger partial charge in [0.2, 0.25) is 0 Å². The molecule has 1 aliphatic heterocycles. The molecular weight excluding hydrogens is 260 g/mol. The molecule has 0 bridgehead atoms. The Kier molecular flexibility index (Phi) is 4.32. The van der Waals surface area contributed by atoms with Crippen LogP contribution < -0.4 is 5.32 Å². The van der Waals surface area contributed by atoms with E-state index in [0.717, 1.165) is 5.76 Å². The number of rotatable bonds is 4. The van der Waals surface area contributed by atoms with Gasteiger partial charge in [-0.3, -0.25) is 4.79 Å². The van der Waals surface area contributed by atoms with Gasteiger partial charge in [0.1, 0.15) is 5.76 Å². The van der Waals surface area contributed by atoms with Gasteiger partial charge >= 0.3 is 12.0 Å². The van der Waals surface area contributed by atoms with Gasteiger partial charge in [0, 0.05) is 25.6 Å². The normalized spacial score (nSPS) is 23.6. The lowest BCUT2D eigenvalue weighted by Crippen LogP contribution is -2.43. The molecule has 2 rings (SSSR count). The van der Waals surface area contributed by atoms with Crippen molar-refractivity contribution in [1.29, 1.82) is 0 Å². The Morgan fingerprint density at radius 3 is 2.85 bits per heavy atom. The molecule has 20 heavy (non-hydrogen) atoms. The molecular formula is C14H20N2O4. The SMILES string of the molecule is CC(Cc1ccco1)NC(=O)N1C[C@@H](C)[C@H](C(=O)O)C1. The monoisotopic (exact) mass is 280 g/mol. The van der Waals surface area contributed by atoms with E-state index in [1.54, 1.807) is 11.2 Å². The van der Waals surface area contributed by atoms with E-state index in [-0.39, 0.29) is 24.5 Å². The lowest BCUT2D eigenvalue weighted by molar-refractivity contribution is -0.142. The highest BCUT2D eigenvalue weighted by molar-refractivity contribution is 5.77. The molecule has 3 atom stereocenters. The summed E-state index contributed by atoms with van der Waals surface area (Å²) in [5, 5.41) is 11.9. The van der Waals surface area contributed by atoms with Gasteiger partial charge in [-0.15, -0.1) is 0 Å². The summed E-state index contributed by atoms with van der Waals surface area (Å²) in [6, 6.07) is 3.40. The van der Waals surface area contributed by atoms with Crippen molar-refractivity contribution in [3.8, 4) is 0 Å². The highest BCUT2D eigenvalue weighted by atomic mass is 16.4. The van der Waals surface area contributed by atoms with Crippen LogP contribution in [0.1, 0.15) is 19.6 Å². The van der Waals surface area contributed by atoms with Gasteiger partial charge in [0.15, 0.2) is 0 Å². The maximum atomic E-state index is 12.1. The third-order valence-electron chi connectivity index (χ3n) is 3.67. The molecule has 1 aromatic heterocycles. The molecule has 2 amide bonds. The average molecular weight is 280 g/mol. The van der Waals surface area contributed by atoms with Crippen LogP contribution in [0.25, 0.3) is 0 Å². The second kappa shape index (κ2) is 5.98. The molecule has 2 heterocycles. The predicted molar refractivity (Wildman–Crippen MR) is 72.3 cm³/mol. The Hall–Kier alpha value is -1.98. The zero-order chi connectivity index (χ0) is 14.7. The number of hydrogen-bond donors (Lipinski definition) is 2. The van der Waals surface area contributed by atoms with Crippen LogP contribution >= 0.6 is 0 Å². The first kappa shape index (κ1) is 14.4. The quantitative estimate of drug-likeness (QED) is 0.877. The molecule has 0 spiro atoms. The van der Waals surface area contributed by atoms with Gasteiger partial charge in [-0.2, -0.15) is 0 Å². The van der Waals surface area contributed by atoms with E-state index in [9.17, 15) is 9.59 Å². The second-order valence-electron chi connectivity index (χ2n) is 5.46. The molecule has 1 fully saturated rings. The summed E-state index contributed by atoms with van der Waals surface area (Å²) in [5.41, 5.74) is 0. The molecule has 0 saturated carbocycles. The largest absolute Gasteiger partial charge is 0.481 e. The molecule has 6 heteroatoms. The molecule has 0 aromatic carbocycles. The molecule has 2 N–H and O–H groups in total. The van der Waals surface area contributed by atoms with Gasteiger partial charge in [0.05, 0.1) is 12.2 Å². The molecule has 1 saturated heterocycles. The van der Waals surface area contributed by atoms with E-state index < -0.39 is 11.9 Å². The molecule has 1 unspecified atom stereocenters. The first-order valence-corrected chi connectivity index (χ1v) is 6.78. The summed E-state index contributed by atoms with van der Waals surface area (Å²) in [7, 11) is 0. The topological polar surface area (TPSA) is 82.8 Å². The molecule has 1 aromatic rings. The number of likely N-dealkylation sites (tertiary alicyclic amines) is 1. The number of urea groups is 1. The maximum Gasteiger partial charge on any atom is 0.317 e. The molecule has 0 aliphatic carbocycles. The predicted octanol–water partition coefficient (Wildman–Crippen LogP) is 1.57. The Balaban J connectivity index is 1.84. The van der Waals surface area contributed by atoms with E-state index in [1.165, 1.54) is 0 Å². The number of carboxylic acid groups (broad SMARTS) is 1. The number of nitrogens with one attached hydrogen (secondary N) is 1. The van der Waals surface area contributed by atoms with Crippen molar-refractivity contribution < 1.29 is 19.1 Å². The number of nitrogens with zero attached hydrogens (tertiary/aromatic N) is 1. The maximum absolute atomic E-state index is 12.1. The lowest BCUT2D eigenvalue weighted by Gasteiger charge is -2.20. The summed E-state index contributed by atoms with van der Waals surface area (Å²) in [5.74, 6) is -0.507. The number of furan rings is 1. The Labute approximate surface area is 117 Å². The highest BCUT2D eigenvalue weighted by Gasteiger charge is 2.37. The Morgan fingerprint density at radius 2 is 2.30 bits per heavy atom. The van der Waals surface area contributed by atoms with Crippen molar-refractivity contribution in [2.24, 2.45) is 11.8 Å². The number of hydrogen-bond acceptors (Lipinski definition) is 3. The fraction of sp³-hybridized carbons (Fsp3) is 0.571. The average Bonchev–Trinajstić information content (AvgIpc) is 2.98. The van der Waals surface area contributed by atoms with Crippen LogP contribution in [0, 0.1) is 11.8 Å². The number of aliphatic carboxylic acids is 1. The minimum atomic E-state index is -0.837. The van der Waals surface area contributed by atoms with E-state index >= 15 is 0 Å². The molecule has 0 radical (unpaired) electrons. The standard InChI is InChI=1S/C14H20N2O4/c1-9-7-16(8-12(9)13(17)18)14(19)15-10(2)6-11-4-3-5-20-11/h3-5,9-10,12H,6-8H2,1-2H3,(H,15,19)(H,17,18)/t9-,10?,12-/m1/s1. The molecule has 6 nitrogen and oxygen atoms in total. The van der Waals surface area contributed by atoms with Crippen molar-refractivity contribution >= 4 is 12.0 Å². The first-order chi connectivity index (χ1) is 9.47. The van der Waals surface area contributed by atoms with Crippen molar-refractivity contribution in [1.82, 2.24) is 10.2 Å². The Morgan fingerprint density at radius 1 is 1.55 bits per heavy atom. The third kappa shape index (κ3) is 3.31. The Bertz CT molecular complexity index is 472. The van der Waals surface area contributed by atoms with Crippen LogP contribution in [0.4, 0.5) is 4.79 Å². The summed E-state index contributed by atoms with van der Waals surface area (Å²) in [6.07, 6.45) is 2.22. The number of carbonyl (C=O) groups is 2. The number of carboxylic acids is 1. The number of amides is 2. The van der Waals surface area contributed by atoms with Crippen molar-refractivity contribution in [3.63, 3.8) is 0 Å². The van der Waals surface area contributed by atoms with E-state index in [0.29, 0.717) is 13.0 Å². The summed E-state index contributed by atoms with van der Waals surface area (Å²) in [4.78, 5) is 24.7. The lowest BCUT2D eigenvalue weighted by atomic mass is 9.99. The van der Waals surface area contributed by atoms with Gasteiger partial charge in [-0.1, -0.05) is 6.92 Å².